The lowest BCUT2D eigenvalue weighted by Gasteiger charge is -2.27. The molecule has 0 bridgehead atoms. The molecule has 2 heterocycles. The molecule has 0 spiro atoms. The van der Waals surface area contributed by atoms with E-state index in [0.717, 1.165) is 11.3 Å². The summed E-state index contributed by atoms with van der Waals surface area (Å²) in [5, 5.41) is 3.02. The van der Waals surface area contributed by atoms with Gasteiger partial charge >= 0.3 is 0 Å². The van der Waals surface area contributed by atoms with Crippen molar-refractivity contribution in [2.45, 2.75) is 18.6 Å². The van der Waals surface area contributed by atoms with Crippen molar-refractivity contribution in [3.8, 4) is 5.75 Å². The van der Waals surface area contributed by atoms with Gasteiger partial charge in [0.1, 0.15) is 18.5 Å². The molecular weight excluding hydrogens is 271 g/mol. The fraction of sp³-hybridized carbons (Fsp3) is 0.438. The Bertz CT molecular complexity index is 573. The highest BCUT2D eigenvalue weighted by molar-refractivity contribution is 5.99. The molecule has 2 aliphatic rings. The highest BCUT2D eigenvalue weighted by Crippen LogP contribution is 2.28. The summed E-state index contributed by atoms with van der Waals surface area (Å²) >= 11 is 0. The minimum atomic E-state index is -0.940. The maximum Gasteiger partial charge on any atom is 0.253 e. The number of carbonyl (C=O) groups is 1. The molecule has 1 amide bonds. The van der Waals surface area contributed by atoms with Crippen molar-refractivity contribution in [2.75, 3.05) is 26.7 Å². The third-order valence-electron chi connectivity index (χ3n) is 3.97. The lowest BCUT2D eigenvalue weighted by atomic mass is 10.1. The van der Waals surface area contributed by atoms with Crippen LogP contribution in [-0.2, 0) is 4.79 Å². The number of carbonyl (C=O) groups excluding carboxylic acids is 1. The summed E-state index contributed by atoms with van der Waals surface area (Å²) in [6, 6.07) is 7.51. The van der Waals surface area contributed by atoms with E-state index >= 15 is 0 Å². The Morgan fingerprint density at radius 1 is 1.48 bits per heavy atom. The van der Waals surface area contributed by atoms with Crippen LogP contribution >= 0.6 is 0 Å². The molecule has 0 aromatic heterocycles. The summed E-state index contributed by atoms with van der Waals surface area (Å²) in [4.78, 5) is 14.3. The summed E-state index contributed by atoms with van der Waals surface area (Å²) in [7, 11) is 1.81. The SMILES string of the molecule is CNC[C@@H]1C[C@H](F)CN1C(=O)C1=Cc2ccccc2OC1. The molecule has 0 saturated carbocycles. The highest BCUT2D eigenvalue weighted by atomic mass is 19.1. The number of ether oxygens (including phenoxy) is 1. The van der Waals surface area contributed by atoms with E-state index in [4.69, 9.17) is 4.74 Å². The number of rotatable bonds is 3. The Morgan fingerprint density at radius 2 is 2.29 bits per heavy atom. The van der Waals surface area contributed by atoms with Crippen LogP contribution in [-0.4, -0.2) is 49.8 Å². The number of hydrogen-bond acceptors (Lipinski definition) is 3. The van der Waals surface area contributed by atoms with Gasteiger partial charge in [-0.15, -0.1) is 0 Å². The maximum atomic E-state index is 13.6. The van der Waals surface area contributed by atoms with E-state index in [9.17, 15) is 9.18 Å². The molecule has 4 nitrogen and oxygen atoms in total. The average Bonchev–Trinajstić information content (AvgIpc) is 2.87. The molecule has 5 heteroatoms. The first kappa shape index (κ1) is 14.1. The van der Waals surface area contributed by atoms with E-state index in [-0.39, 0.29) is 25.1 Å². The second kappa shape index (κ2) is 5.85. The Hall–Kier alpha value is -1.88. The zero-order valence-corrected chi connectivity index (χ0v) is 12.0. The molecule has 1 fully saturated rings. The first-order valence-corrected chi connectivity index (χ1v) is 7.21. The standard InChI is InChI=1S/C16H19FN2O2/c1-18-8-14-7-13(17)9-19(14)16(20)12-6-11-4-2-3-5-15(11)21-10-12/h2-6,13-14,18H,7-10H2,1H3/t13-,14-/m0/s1. The van der Waals surface area contributed by atoms with Gasteiger partial charge in [-0.1, -0.05) is 18.2 Å². The number of nitrogens with zero attached hydrogens (tertiary/aromatic N) is 1. The minimum absolute atomic E-state index is 0.0874. The number of para-hydroxylation sites is 1. The lowest BCUT2D eigenvalue weighted by molar-refractivity contribution is -0.128. The number of likely N-dealkylation sites (N-methyl/N-ethyl adjacent to an activating group) is 1. The molecule has 0 aliphatic carbocycles. The fourth-order valence-corrected chi connectivity index (χ4v) is 2.96. The topological polar surface area (TPSA) is 41.6 Å². The molecule has 2 atom stereocenters. The quantitative estimate of drug-likeness (QED) is 0.920. The van der Waals surface area contributed by atoms with Crippen LogP contribution in [0, 0.1) is 0 Å². The molecule has 112 valence electrons. The van der Waals surface area contributed by atoms with Gasteiger partial charge < -0.3 is 15.0 Å². The van der Waals surface area contributed by atoms with Crippen molar-refractivity contribution >= 4 is 12.0 Å². The largest absolute Gasteiger partial charge is 0.488 e. The van der Waals surface area contributed by atoms with E-state index in [1.807, 2.05) is 37.4 Å². The molecule has 1 aromatic rings. The number of amides is 1. The van der Waals surface area contributed by atoms with Gasteiger partial charge in [-0.05, 0) is 19.2 Å². The fourth-order valence-electron chi connectivity index (χ4n) is 2.96. The van der Waals surface area contributed by atoms with Gasteiger partial charge in [0.05, 0.1) is 12.1 Å². The van der Waals surface area contributed by atoms with Crippen molar-refractivity contribution in [3.05, 3.63) is 35.4 Å². The number of hydrogen-bond donors (Lipinski definition) is 1. The van der Waals surface area contributed by atoms with Crippen LogP contribution in [0.4, 0.5) is 4.39 Å². The van der Waals surface area contributed by atoms with Gasteiger partial charge in [0, 0.05) is 24.6 Å². The maximum absolute atomic E-state index is 13.6. The van der Waals surface area contributed by atoms with E-state index in [1.54, 1.807) is 4.90 Å². The van der Waals surface area contributed by atoms with E-state index in [2.05, 4.69) is 5.32 Å². The molecule has 1 saturated heterocycles. The van der Waals surface area contributed by atoms with E-state index in [1.165, 1.54) is 0 Å². The summed E-state index contributed by atoms with van der Waals surface area (Å²) in [6.45, 7) is 1.02. The van der Waals surface area contributed by atoms with E-state index in [0.29, 0.717) is 18.5 Å². The summed E-state index contributed by atoms with van der Waals surface area (Å²) in [6.07, 6.45) is 1.31. The number of nitrogens with one attached hydrogen (secondary N) is 1. The zero-order valence-electron chi connectivity index (χ0n) is 12.0. The molecule has 1 N–H and O–H groups in total. The first-order chi connectivity index (χ1) is 10.2. The van der Waals surface area contributed by atoms with Crippen LogP contribution in [0.25, 0.3) is 6.08 Å². The van der Waals surface area contributed by atoms with Crippen molar-refractivity contribution in [1.82, 2.24) is 10.2 Å². The first-order valence-electron chi connectivity index (χ1n) is 7.21. The monoisotopic (exact) mass is 290 g/mol. The Kier molecular flexibility index (Phi) is 3.92. The third-order valence-corrected chi connectivity index (χ3v) is 3.97. The molecule has 1 aromatic carbocycles. The van der Waals surface area contributed by atoms with Crippen molar-refractivity contribution in [1.29, 1.82) is 0 Å². The van der Waals surface area contributed by atoms with Gasteiger partial charge in [0.25, 0.3) is 5.91 Å². The Morgan fingerprint density at radius 3 is 3.10 bits per heavy atom. The smallest absolute Gasteiger partial charge is 0.253 e. The third kappa shape index (κ3) is 2.78. The number of alkyl halides is 1. The number of benzene rings is 1. The van der Waals surface area contributed by atoms with E-state index < -0.39 is 6.17 Å². The van der Waals surface area contributed by atoms with Crippen LogP contribution in [0.2, 0.25) is 0 Å². The minimum Gasteiger partial charge on any atom is -0.488 e. The molecular formula is C16H19FN2O2. The van der Waals surface area contributed by atoms with Crippen LogP contribution < -0.4 is 10.1 Å². The molecule has 3 rings (SSSR count). The van der Waals surface area contributed by atoms with Gasteiger partial charge in [0.15, 0.2) is 0 Å². The van der Waals surface area contributed by atoms with Gasteiger partial charge in [-0.2, -0.15) is 0 Å². The van der Waals surface area contributed by atoms with Crippen molar-refractivity contribution in [3.63, 3.8) is 0 Å². The molecule has 2 aliphatic heterocycles. The molecule has 0 radical (unpaired) electrons. The van der Waals surface area contributed by atoms with Crippen LogP contribution in [0.15, 0.2) is 29.8 Å². The van der Waals surface area contributed by atoms with Crippen LogP contribution in [0.5, 0.6) is 5.75 Å². The number of likely N-dealkylation sites (tertiary alicyclic amines) is 1. The second-order valence-corrected chi connectivity index (χ2v) is 5.50. The summed E-state index contributed by atoms with van der Waals surface area (Å²) in [5.74, 6) is 0.663. The lowest BCUT2D eigenvalue weighted by Crippen LogP contribution is -2.42. The van der Waals surface area contributed by atoms with Crippen molar-refractivity contribution in [2.24, 2.45) is 0 Å². The Labute approximate surface area is 123 Å². The van der Waals surface area contributed by atoms with Crippen molar-refractivity contribution < 1.29 is 13.9 Å². The average molecular weight is 290 g/mol. The van der Waals surface area contributed by atoms with Gasteiger partial charge in [0.2, 0.25) is 0 Å². The molecule has 0 unspecified atom stereocenters. The van der Waals surface area contributed by atoms with Gasteiger partial charge in [-0.25, -0.2) is 4.39 Å². The van der Waals surface area contributed by atoms with Gasteiger partial charge in [-0.3, -0.25) is 4.79 Å². The molecule has 21 heavy (non-hydrogen) atoms. The zero-order chi connectivity index (χ0) is 14.8. The predicted octanol–water partition coefficient (Wildman–Crippen LogP) is 1.62. The highest BCUT2D eigenvalue weighted by Gasteiger charge is 2.36. The second-order valence-electron chi connectivity index (χ2n) is 5.50. The predicted molar refractivity (Wildman–Crippen MR) is 78.9 cm³/mol. The summed E-state index contributed by atoms with van der Waals surface area (Å²) < 4.78 is 19.3. The van der Waals surface area contributed by atoms with Crippen LogP contribution in [0.1, 0.15) is 12.0 Å². The normalized spacial score (nSPS) is 24.3. The summed E-state index contributed by atoms with van der Waals surface area (Å²) in [5.41, 5.74) is 1.48. The number of halogens is 1. The number of fused-ring (bicyclic) bond motifs is 1. The van der Waals surface area contributed by atoms with Crippen LogP contribution in [0.3, 0.4) is 0 Å². The Balaban J connectivity index is 1.81.